The molecular weight excluding hydrogens is 308 g/mol. The first-order chi connectivity index (χ1) is 8.09. The minimum absolute atomic E-state index is 0.294. The number of primary amides is 1. The van der Waals surface area contributed by atoms with E-state index in [1.165, 1.54) is 23.7 Å². The second-order valence-corrected chi connectivity index (χ2v) is 4.73. The van der Waals surface area contributed by atoms with E-state index in [-0.39, 0.29) is 5.91 Å². The first-order valence-electron chi connectivity index (χ1n) is 4.51. The number of amides is 2. The van der Waals surface area contributed by atoms with Gasteiger partial charge in [-0.05, 0) is 33.4 Å². The van der Waals surface area contributed by atoms with Crippen LogP contribution in [0.4, 0.5) is 5.00 Å². The molecule has 0 aliphatic carbocycles. The van der Waals surface area contributed by atoms with Gasteiger partial charge in [0.1, 0.15) is 5.00 Å². The molecule has 0 bridgehead atoms. The van der Waals surface area contributed by atoms with Crippen molar-refractivity contribution in [1.82, 2.24) is 0 Å². The van der Waals surface area contributed by atoms with Crippen molar-refractivity contribution in [3.8, 4) is 0 Å². The maximum Gasteiger partial charge on any atom is 0.260 e. The summed E-state index contributed by atoms with van der Waals surface area (Å²) in [7, 11) is 0. The van der Waals surface area contributed by atoms with Crippen molar-refractivity contribution in [3.05, 3.63) is 39.6 Å². The van der Waals surface area contributed by atoms with Crippen LogP contribution in [-0.2, 0) is 0 Å². The molecule has 2 heterocycles. The smallest absolute Gasteiger partial charge is 0.260 e. The largest absolute Gasteiger partial charge is 0.457 e. The Hall–Kier alpha value is -1.60. The maximum atomic E-state index is 11.8. The van der Waals surface area contributed by atoms with Crippen LogP contribution < -0.4 is 11.1 Å². The number of halogens is 1. The molecule has 0 radical (unpaired) electrons. The zero-order valence-electron chi connectivity index (χ0n) is 8.40. The topological polar surface area (TPSA) is 85.3 Å². The van der Waals surface area contributed by atoms with Crippen molar-refractivity contribution in [3.63, 3.8) is 0 Å². The molecule has 2 amide bonds. The minimum Gasteiger partial charge on any atom is -0.457 e. The number of carbonyl (C=O) groups excluding carboxylic acids is 2. The van der Waals surface area contributed by atoms with Crippen LogP contribution in [-0.4, -0.2) is 11.8 Å². The Balaban J connectivity index is 2.22. The van der Waals surface area contributed by atoms with Crippen LogP contribution in [0.3, 0.4) is 0 Å². The molecule has 0 saturated heterocycles. The highest BCUT2D eigenvalue weighted by Gasteiger charge is 2.16. The molecule has 2 aromatic heterocycles. The van der Waals surface area contributed by atoms with Gasteiger partial charge in [0.15, 0.2) is 4.67 Å². The van der Waals surface area contributed by atoms with Crippen molar-refractivity contribution in [2.75, 3.05) is 5.32 Å². The standard InChI is InChI=1S/C10H7BrN2O3S/c11-7-5(1-3-16-7)9(15)13-10-6(8(12)14)2-4-17-10/h1-4H,(H2,12,14)(H,13,15). The fraction of sp³-hybridized carbons (Fsp3) is 0. The number of furan rings is 1. The van der Waals surface area contributed by atoms with Gasteiger partial charge in [-0.1, -0.05) is 0 Å². The van der Waals surface area contributed by atoms with Crippen LogP contribution >= 0.6 is 27.3 Å². The number of nitrogens with two attached hydrogens (primary N) is 1. The van der Waals surface area contributed by atoms with E-state index < -0.39 is 5.91 Å². The summed E-state index contributed by atoms with van der Waals surface area (Å²) in [6.45, 7) is 0. The highest BCUT2D eigenvalue weighted by atomic mass is 79.9. The van der Waals surface area contributed by atoms with Gasteiger partial charge in [0.05, 0.1) is 17.4 Å². The highest BCUT2D eigenvalue weighted by Crippen LogP contribution is 2.25. The van der Waals surface area contributed by atoms with E-state index in [9.17, 15) is 9.59 Å². The van der Waals surface area contributed by atoms with Crippen molar-refractivity contribution < 1.29 is 14.0 Å². The number of thiophene rings is 1. The summed E-state index contributed by atoms with van der Waals surface area (Å²) < 4.78 is 5.29. The predicted octanol–water partition coefficient (Wildman–Crippen LogP) is 2.45. The van der Waals surface area contributed by atoms with E-state index in [0.29, 0.717) is 20.8 Å². The predicted molar refractivity (Wildman–Crippen MR) is 67.2 cm³/mol. The molecule has 3 N–H and O–H groups in total. The highest BCUT2D eigenvalue weighted by molar-refractivity contribution is 9.10. The molecule has 0 aliphatic rings. The van der Waals surface area contributed by atoms with Gasteiger partial charge >= 0.3 is 0 Å². The van der Waals surface area contributed by atoms with E-state index >= 15 is 0 Å². The minimum atomic E-state index is -0.576. The molecule has 0 aliphatic heterocycles. The second kappa shape index (κ2) is 4.72. The van der Waals surface area contributed by atoms with Gasteiger partial charge in [0, 0.05) is 0 Å². The molecule has 0 fully saturated rings. The molecule has 17 heavy (non-hydrogen) atoms. The van der Waals surface area contributed by atoms with Crippen molar-refractivity contribution >= 4 is 44.1 Å². The third-order valence-electron chi connectivity index (χ3n) is 2.02. The van der Waals surface area contributed by atoms with Gasteiger partial charge in [-0.2, -0.15) is 0 Å². The van der Waals surface area contributed by atoms with Gasteiger partial charge in [-0.3, -0.25) is 9.59 Å². The molecule has 0 atom stereocenters. The lowest BCUT2D eigenvalue weighted by Crippen LogP contribution is -2.16. The molecule has 2 aromatic rings. The average Bonchev–Trinajstić information content (AvgIpc) is 2.86. The van der Waals surface area contributed by atoms with E-state index in [1.54, 1.807) is 11.4 Å². The van der Waals surface area contributed by atoms with Crippen molar-refractivity contribution in [2.45, 2.75) is 0 Å². The Morgan fingerprint density at radius 3 is 2.71 bits per heavy atom. The molecule has 88 valence electrons. The van der Waals surface area contributed by atoms with Crippen molar-refractivity contribution in [2.24, 2.45) is 5.73 Å². The lowest BCUT2D eigenvalue weighted by molar-refractivity contribution is 0.100. The van der Waals surface area contributed by atoms with Crippen LogP contribution in [0.5, 0.6) is 0 Å². The Morgan fingerprint density at radius 1 is 1.35 bits per heavy atom. The third-order valence-corrected chi connectivity index (χ3v) is 3.46. The number of nitrogens with one attached hydrogen (secondary N) is 1. The summed E-state index contributed by atoms with van der Waals surface area (Å²) in [4.78, 5) is 22.9. The Kier molecular flexibility index (Phi) is 3.30. The van der Waals surface area contributed by atoms with Gasteiger partial charge in [-0.15, -0.1) is 11.3 Å². The molecule has 2 rings (SSSR count). The second-order valence-electron chi connectivity index (χ2n) is 3.09. The van der Waals surface area contributed by atoms with Crippen molar-refractivity contribution in [1.29, 1.82) is 0 Å². The van der Waals surface area contributed by atoms with Crippen LogP contribution in [0.2, 0.25) is 0 Å². The first-order valence-corrected chi connectivity index (χ1v) is 6.18. The Bertz CT molecular complexity index is 576. The fourth-order valence-electron chi connectivity index (χ4n) is 1.23. The van der Waals surface area contributed by atoms with Crippen LogP contribution in [0.25, 0.3) is 0 Å². The third kappa shape index (κ3) is 2.40. The van der Waals surface area contributed by atoms with Crippen LogP contribution in [0, 0.1) is 0 Å². The summed E-state index contributed by atoms with van der Waals surface area (Å²) in [5.74, 6) is -0.941. The molecule has 0 aromatic carbocycles. The van der Waals surface area contributed by atoms with E-state index in [1.807, 2.05) is 0 Å². The van der Waals surface area contributed by atoms with Crippen LogP contribution in [0.15, 0.2) is 32.9 Å². The number of hydrogen-bond acceptors (Lipinski definition) is 4. The summed E-state index contributed by atoms with van der Waals surface area (Å²) in [5.41, 5.74) is 5.82. The fourth-order valence-corrected chi connectivity index (χ4v) is 2.43. The van der Waals surface area contributed by atoms with E-state index in [0.717, 1.165) is 0 Å². The van der Waals surface area contributed by atoms with Gasteiger partial charge < -0.3 is 15.5 Å². The molecule has 5 nitrogen and oxygen atoms in total. The SMILES string of the molecule is NC(=O)c1ccsc1NC(=O)c1ccoc1Br. The summed E-state index contributed by atoms with van der Waals surface area (Å²) >= 11 is 4.33. The van der Waals surface area contributed by atoms with E-state index in [2.05, 4.69) is 21.2 Å². The average molecular weight is 315 g/mol. The zero-order valence-corrected chi connectivity index (χ0v) is 10.8. The van der Waals surface area contributed by atoms with Gasteiger partial charge in [-0.25, -0.2) is 0 Å². The monoisotopic (exact) mass is 314 g/mol. The van der Waals surface area contributed by atoms with Crippen LogP contribution in [0.1, 0.15) is 20.7 Å². The van der Waals surface area contributed by atoms with Gasteiger partial charge in [0.2, 0.25) is 0 Å². The lowest BCUT2D eigenvalue weighted by Gasteiger charge is -2.02. The molecule has 7 heteroatoms. The number of rotatable bonds is 3. The maximum absolute atomic E-state index is 11.8. The molecule has 0 spiro atoms. The molecule has 0 unspecified atom stereocenters. The first kappa shape index (κ1) is 11.9. The van der Waals surface area contributed by atoms with Gasteiger partial charge in [0.25, 0.3) is 11.8 Å². The summed E-state index contributed by atoms with van der Waals surface area (Å²) in [5, 5.41) is 4.71. The summed E-state index contributed by atoms with van der Waals surface area (Å²) in [6, 6.07) is 3.09. The Morgan fingerprint density at radius 2 is 2.12 bits per heavy atom. The number of carbonyl (C=O) groups is 2. The normalized spacial score (nSPS) is 10.2. The quantitative estimate of drug-likeness (QED) is 0.912. The van der Waals surface area contributed by atoms with E-state index in [4.69, 9.17) is 10.2 Å². The Labute approximate surface area is 109 Å². The molecule has 0 saturated carbocycles. The number of hydrogen-bond donors (Lipinski definition) is 2. The number of anilines is 1. The summed E-state index contributed by atoms with van der Waals surface area (Å²) in [6.07, 6.45) is 1.39. The zero-order chi connectivity index (χ0) is 12.4. The lowest BCUT2D eigenvalue weighted by atomic mass is 10.3. The molecular formula is C10H7BrN2O3S.